The van der Waals surface area contributed by atoms with Crippen LogP contribution in [0.2, 0.25) is 0 Å². The van der Waals surface area contributed by atoms with Crippen molar-refractivity contribution in [1.29, 1.82) is 0 Å². The van der Waals surface area contributed by atoms with E-state index in [9.17, 15) is 14.7 Å². The van der Waals surface area contributed by atoms with Crippen LogP contribution in [0.15, 0.2) is 72.8 Å². The van der Waals surface area contributed by atoms with Gasteiger partial charge in [-0.15, -0.1) is 0 Å². The summed E-state index contributed by atoms with van der Waals surface area (Å²) in [5, 5.41) is 15.7. The van der Waals surface area contributed by atoms with Gasteiger partial charge in [0, 0.05) is 36.2 Å². The highest BCUT2D eigenvalue weighted by molar-refractivity contribution is 6.76. The van der Waals surface area contributed by atoms with Gasteiger partial charge in [-0.1, -0.05) is 115 Å². The van der Waals surface area contributed by atoms with E-state index in [1.807, 2.05) is 87.5 Å². The molecule has 1 saturated carbocycles. The zero-order chi connectivity index (χ0) is 37.9. The third-order valence-electron chi connectivity index (χ3n) is 11.0. The lowest BCUT2D eigenvalue weighted by atomic mass is 9.75. The Morgan fingerprint density at radius 2 is 1.55 bits per heavy atom. The number of likely N-dealkylation sites (tertiary alicyclic amines) is 1. The number of piperidine rings is 1. The molecule has 0 aromatic heterocycles. The van der Waals surface area contributed by atoms with Gasteiger partial charge in [-0.05, 0) is 92.3 Å². The van der Waals surface area contributed by atoms with E-state index in [0.717, 1.165) is 52.6 Å². The first kappa shape index (κ1) is 40.0. The summed E-state index contributed by atoms with van der Waals surface area (Å²) in [6.07, 6.45) is 5.44. The van der Waals surface area contributed by atoms with Crippen molar-refractivity contribution in [3.63, 3.8) is 0 Å². The van der Waals surface area contributed by atoms with Crippen molar-refractivity contribution in [3.05, 3.63) is 95.1 Å². The molecule has 3 fully saturated rings. The SMILES string of the molecule is CC1C(CN2C(C(=O)NC(C)(C)C)CCC3CCCCC32)OC(c2cccc(-c3cccc(CNC(=O)C(Cl)(Cl)Cl)c3)c2)OC1c1ccc(CO)cc1. The number of nitrogens with zero attached hydrogens (tertiary/aromatic N) is 1. The Morgan fingerprint density at radius 3 is 2.25 bits per heavy atom. The Morgan fingerprint density at radius 1 is 0.849 bits per heavy atom. The van der Waals surface area contributed by atoms with E-state index in [1.165, 1.54) is 19.3 Å². The van der Waals surface area contributed by atoms with Crippen LogP contribution in [0.3, 0.4) is 0 Å². The van der Waals surface area contributed by atoms with E-state index in [1.54, 1.807) is 0 Å². The second-order valence-corrected chi connectivity index (χ2v) is 18.3. The summed E-state index contributed by atoms with van der Waals surface area (Å²) in [5.41, 5.74) is 5.18. The maximum atomic E-state index is 13.9. The van der Waals surface area contributed by atoms with Crippen LogP contribution in [-0.2, 0) is 32.2 Å². The Bertz CT molecular complexity index is 1730. The molecule has 11 heteroatoms. The molecular formula is C42H52Cl3N3O5. The molecule has 2 heterocycles. The van der Waals surface area contributed by atoms with Gasteiger partial charge < -0.3 is 25.2 Å². The van der Waals surface area contributed by atoms with E-state index in [0.29, 0.717) is 18.5 Å². The average Bonchev–Trinajstić information content (AvgIpc) is 3.13. The first-order chi connectivity index (χ1) is 25.2. The predicted octanol–water partition coefficient (Wildman–Crippen LogP) is 8.56. The molecule has 7 unspecified atom stereocenters. The normalized spacial score (nSPS) is 26.8. The number of aliphatic hydroxyl groups is 1. The van der Waals surface area contributed by atoms with Crippen LogP contribution in [0.25, 0.3) is 11.1 Å². The Kier molecular flexibility index (Phi) is 12.8. The van der Waals surface area contributed by atoms with Crippen LogP contribution in [0.5, 0.6) is 0 Å². The molecule has 0 bridgehead atoms. The minimum Gasteiger partial charge on any atom is -0.392 e. The summed E-state index contributed by atoms with van der Waals surface area (Å²) in [6.45, 7) is 9.10. The summed E-state index contributed by atoms with van der Waals surface area (Å²) < 4.78 is 11.8. The quantitative estimate of drug-likeness (QED) is 0.188. The summed E-state index contributed by atoms with van der Waals surface area (Å²) in [4.78, 5) is 28.5. The highest BCUT2D eigenvalue weighted by atomic mass is 35.6. The molecule has 6 rings (SSSR count). The molecule has 0 radical (unpaired) electrons. The number of alkyl halides is 3. The van der Waals surface area contributed by atoms with Gasteiger partial charge in [0.05, 0.1) is 24.9 Å². The Hall–Kier alpha value is -2.69. The number of hydrogen-bond donors (Lipinski definition) is 3. The standard InChI is InChI=1S/C42H52Cl3N3O5/c1-26-36(24-48-34-14-6-5-10-29(34)19-20-35(48)38(50)47-41(2,3)4)52-39(53-37(26)30-17-15-27(25-49)16-18-30)33-13-8-12-32(22-33)31-11-7-9-28(21-31)23-46-40(51)42(43,44)45/h7-9,11-13,15-18,21-22,26,29,34-37,39,49H,5-6,10,14,19-20,23-25H2,1-4H3,(H,46,51)(H,47,50). The number of amides is 2. The van der Waals surface area contributed by atoms with Gasteiger partial charge in [-0.2, -0.15) is 0 Å². The minimum absolute atomic E-state index is 0.0238. The molecule has 3 aromatic carbocycles. The van der Waals surface area contributed by atoms with E-state index < -0.39 is 16.0 Å². The lowest BCUT2D eigenvalue weighted by Gasteiger charge is -2.51. The molecule has 2 aliphatic heterocycles. The topological polar surface area (TPSA) is 100 Å². The summed E-state index contributed by atoms with van der Waals surface area (Å²) >= 11 is 17.2. The zero-order valence-corrected chi connectivity index (χ0v) is 33.3. The fourth-order valence-corrected chi connectivity index (χ4v) is 8.47. The van der Waals surface area contributed by atoms with Gasteiger partial charge in [0.15, 0.2) is 6.29 Å². The number of hydrogen-bond acceptors (Lipinski definition) is 6. The third kappa shape index (κ3) is 9.95. The molecule has 3 aliphatic rings. The second kappa shape index (κ2) is 17.0. The van der Waals surface area contributed by atoms with Crippen LogP contribution in [0, 0.1) is 11.8 Å². The molecule has 53 heavy (non-hydrogen) atoms. The lowest BCUT2D eigenvalue weighted by molar-refractivity contribution is -0.278. The maximum Gasteiger partial charge on any atom is 0.272 e. The number of aliphatic hydroxyl groups excluding tert-OH is 1. The molecule has 7 atom stereocenters. The van der Waals surface area contributed by atoms with Crippen molar-refractivity contribution >= 4 is 46.6 Å². The third-order valence-corrected chi connectivity index (χ3v) is 11.5. The second-order valence-electron chi connectivity index (χ2n) is 16.0. The monoisotopic (exact) mass is 783 g/mol. The van der Waals surface area contributed by atoms with Crippen molar-refractivity contribution in [1.82, 2.24) is 15.5 Å². The molecule has 2 amide bonds. The van der Waals surface area contributed by atoms with Gasteiger partial charge in [0.1, 0.15) is 0 Å². The number of nitrogens with one attached hydrogen (secondary N) is 2. The van der Waals surface area contributed by atoms with Crippen molar-refractivity contribution in [3.8, 4) is 11.1 Å². The lowest BCUT2D eigenvalue weighted by Crippen LogP contribution is -2.61. The molecular weight excluding hydrogens is 733 g/mol. The molecule has 3 aromatic rings. The smallest absolute Gasteiger partial charge is 0.272 e. The fourth-order valence-electron chi connectivity index (χ4n) is 8.27. The van der Waals surface area contributed by atoms with Crippen molar-refractivity contribution in [2.24, 2.45) is 11.8 Å². The van der Waals surface area contributed by atoms with Gasteiger partial charge >= 0.3 is 0 Å². The van der Waals surface area contributed by atoms with Crippen LogP contribution < -0.4 is 10.6 Å². The van der Waals surface area contributed by atoms with Crippen LogP contribution in [0.1, 0.15) is 101 Å². The zero-order valence-electron chi connectivity index (χ0n) is 31.0. The van der Waals surface area contributed by atoms with Gasteiger partial charge in [0.25, 0.3) is 9.70 Å². The predicted molar refractivity (Wildman–Crippen MR) is 210 cm³/mol. The van der Waals surface area contributed by atoms with Crippen LogP contribution >= 0.6 is 34.8 Å². The highest BCUT2D eigenvalue weighted by Gasteiger charge is 2.46. The Balaban J connectivity index is 1.30. The summed E-state index contributed by atoms with van der Waals surface area (Å²) in [5.74, 6) is -0.0334. The molecule has 0 spiro atoms. The van der Waals surface area contributed by atoms with Gasteiger partial charge in [-0.3, -0.25) is 14.5 Å². The molecule has 8 nitrogen and oxygen atoms in total. The van der Waals surface area contributed by atoms with Crippen molar-refractivity contribution < 1.29 is 24.2 Å². The van der Waals surface area contributed by atoms with Crippen LogP contribution in [0.4, 0.5) is 0 Å². The number of halogens is 3. The highest BCUT2D eigenvalue weighted by Crippen LogP contribution is 2.45. The fraction of sp³-hybridized carbons (Fsp3) is 0.524. The van der Waals surface area contributed by atoms with E-state index in [-0.39, 0.29) is 48.8 Å². The van der Waals surface area contributed by atoms with E-state index >= 15 is 0 Å². The first-order valence-electron chi connectivity index (χ1n) is 18.8. The number of carbonyl (C=O) groups is 2. The van der Waals surface area contributed by atoms with Crippen molar-refractivity contribution in [2.75, 3.05) is 6.54 Å². The molecule has 286 valence electrons. The maximum absolute atomic E-state index is 13.9. The first-order valence-corrected chi connectivity index (χ1v) is 20.0. The number of carbonyl (C=O) groups excluding carboxylic acids is 2. The number of rotatable bonds is 9. The molecule has 3 N–H and O–H groups in total. The Labute approximate surface area is 328 Å². The molecule has 2 saturated heterocycles. The van der Waals surface area contributed by atoms with Gasteiger partial charge in [-0.25, -0.2) is 0 Å². The number of ether oxygens (including phenoxy) is 2. The summed E-state index contributed by atoms with van der Waals surface area (Å²) in [6, 6.07) is 24.1. The van der Waals surface area contributed by atoms with E-state index in [4.69, 9.17) is 44.3 Å². The average molecular weight is 785 g/mol. The largest absolute Gasteiger partial charge is 0.392 e. The van der Waals surface area contributed by atoms with Gasteiger partial charge in [0.2, 0.25) is 5.91 Å². The number of benzene rings is 3. The number of fused-ring (bicyclic) bond motifs is 1. The van der Waals surface area contributed by atoms with Crippen LogP contribution in [-0.4, -0.2) is 55.9 Å². The van der Waals surface area contributed by atoms with E-state index in [2.05, 4.69) is 28.5 Å². The minimum atomic E-state index is -2.04. The van der Waals surface area contributed by atoms with Crippen molar-refractivity contribution in [2.45, 2.75) is 119 Å². The molecule has 1 aliphatic carbocycles. The summed E-state index contributed by atoms with van der Waals surface area (Å²) in [7, 11) is 0.